The lowest BCUT2D eigenvalue weighted by molar-refractivity contribution is 0.169. The van der Waals surface area contributed by atoms with Crippen molar-refractivity contribution in [1.29, 1.82) is 0 Å². The van der Waals surface area contributed by atoms with E-state index in [1.807, 2.05) is 24.6 Å². The lowest BCUT2D eigenvalue weighted by Crippen LogP contribution is -2.44. The molecule has 1 aliphatic rings. The van der Waals surface area contributed by atoms with Gasteiger partial charge in [-0.1, -0.05) is 6.07 Å². The maximum atomic E-state index is 4.41. The highest BCUT2D eigenvalue weighted by atomic mass is 32.1. The molecule has 1 saturated heterocycles. The molecule has 0 amide bonds. The van der Waals surface area contributed by atoms with Gasteiger partial charge in [-0.2, -0.15) is 0 Å². The number of thiazole rings is 1. The molecule has 1 aliphatic heterocycles. The number of thiophene rings is 1. The van der Waals surface area contributed by atoms with Gasteiger partial charge in [0.05, 0.1) is 5.01 Å². The van der Waals surface area contributed by atoms with Gasteiger partial charge in [0.15, 0.2) is 5.96 Å². The molecule has 0 radical (unpaired) electrons. The number of guanidine groups is 1. The number of piperidine rings is 1. The molecule has 5 nitrogen and oxygen atoms in total. The Hall–Kier alpha value is -1.44. The van der Waals surface area contributed by atoms with Crippen molar-refractivity contribution in [2.24, 2.45) is 10.9 Å². The van der Waals surface area contributed by atoms with E-state index in [0.29, 0.717) is 5.92 Å². The zero-order chi connectivity index (χ0) is 18.2. The standard InChI is InChI=1S/C19H29N5S2/c1-15-11-22-18(26-15)7-8-21-19(20-2)23-12-16-5-3-9-24(13-16)14-17-6-4-10-25-17/h4,6,10-11,16H,3,5,7-9,12-14H2,1-2H3,(H2,20,21,23). The summed E-state index contributed by atoms with van der Waals surface area (Å²) in [6.07, 6.45) is 5.46. The summed E-state index contributed by atoms with van der Waals surface area (Å²) in [5.74, 6) is 1.58. The van der Waals surface area contributed by atoms with Gasteiger partial charge in [-0.3, -0.25) is 9.89 Å². The molecular weight excluding hydrogens is 362 g/mol. The van der Waals surface area contributed by atoms with Crippen molar-refractivity contribution in [3.05, 3.63) is 38.5 Å². The van der Waals surface area contributed by atoms with Gasteiger partial charge in [-0.25, -0.2) is 4.98 Å². The molecule has 2 aromatic heterocycles. The topological polar surface area (TPSA) is 52.6 Å². The first kappa shape index (κ1) is 19.3. The van der Waals surface area contributed by atoms with E-state index in [-0.39, 0.29) is 0 Å². The van der Waals surface area contributed by atoms with Crippen molar-refractivity contribution >= 4 is 28.6 Å². The number of aromatic nitrogens is 1. The number of likely N-dealkylation sites (tertiary alicyclic amines) is 1. The number of aliphatic imine (C=N–C) groups is 1. The van der Waals surface area contributed by atoms with Gasteiger partial charge in [-0.05, 0) is 43.7 Å². The molecule has 1 fully saturated rings. The van der Waals surface area contributed by atoms with Crippen LogP contribution in [0.3, 0.4) is 0 Å². The fourth-order valence-electron chi connectivity index (χ4n) is 3.35. The highest BCUT2D eigenvalue weighted by Gasteiger charge is 2.20. The van der Waals surface area contributed by atoms with E-state index in [9.17, 15) is 0 Å². The first-order valence-electron chi connectivity index (χ1n) is 9.33. The highest BCUT2D eigenvalue weighted by molar-refractivity contribution is 7.11. The van der Waals surface area contributed by atoms with Crippen LogP contribution in [0.2, 0.25) is 0 Å². The molecule has 0 aliphatic carbocycles. The predicted octanol–water partition coefficient (Wildman–Crippen LogP) is 3.13. The molecule has 26 heavy (non-hydrogen) atoms. The zero-order valence-electron chi connectivity index (χ0n) is 15.7. The Balaban J connectivity index is 1.37. The summed E-state index contributed by atoms with van der Waals surface area (Å²) < 4.78 is 0. The summed E-state index contributed by atoms with van der Waals surface area (Å²) in [6, 6.07) is 4.38. The summed E-state index contributed by atoms with van der Waals surface area (Å²) in [6.45, 7) is 7.42. The summed E-state index contributed by atoms with van der Waals surface area (Å²) in [5, 5.41) is 10.3. The molecule has 7 heteroatoms. The average Bonchev–Trinajstić information content (AvgIpc) is 3.30. The Labute approximate surface area is 164 Å². The van der Waals surface area contributed by atoms with Crippen molar-refractivity contribution in [2.75, 3.05) is 33.2 Å². The van der Waals surface area contributed by atoms with Gasteiger partial charge in [0.25, 0.3) is 0 Å². The van der Waals surface area contributed by atoms with Gasteiger partial charge in [0.2, 0.25) is 0 Å². The van der Waals surface area contributed by atoms with Crippen LogP contribution < -0.4 is 10.6 Å². The Bertz CT molecular complexity index is 680. The van der Waals surface area contributed by atoms with E-state index < -0.39 is 0 Å². The molecule has 0 bridgehead atoms. The molecule has 1 unspecified atom stereocenters. The van der Waals surface area contributed by atoms with Crippen LogP contribution in [0.4, 0.5) is 0 Å². The van der Waals surface area contributed by atoms with Gasteiger partial charge >= 0.3 is 0 Å². The van der Waals surface area contributed by atoms with E-state index in [1.54, 1.807) is 11.3 Å². The van der Waals surface area contributed by atoms with Gasteiger partial charge in [-0.15, -0.1) is 22.7 Å². The van der Waals surface area contributed by atoms with E-state index >= 15 is 0 Å². The second-order valence-electron chi connectivity index (χ2n) is 6.82. The predicted molar refractivity (Wildman–Crippen MR) is 112 cm³/mol. The van der Waals surface area contributed by atoms with Crippen LogP contribution in [0.1, 0.15) is 27.6 Å². The molecule has 2 N–H and O–H groups in total. The number of hydrogen-bond donors (Lipinski definition) is 2. The van der Waals surface area contributed by atoms with Gasteiger partial charge in [0, 0.05) is 55.6 Å². The van der Waals surface area contributed by atoms with Crippen molar-refractivity contribution < 1.29 is 0 Å². The average molecular weight is 392 g/mol. The molecular formula is C19H29N5S2. The fourth-order valence-corrected chi connectivity index (χ4v) is 4.88. The van der Waals surface area contributed by atoms with Crippen molar-refractivity contribution in [2.45, 2.75) is 32.7 Å². The van der Waals surface area contributed by atoms with E-state index in [2.05, 4.69) is 49.9 Å². The number of rotatable bonds is 7. The second kappa shape index (κ2) is 10.0. The third kappa shape index (κ3) is 6.07. The second-order valence-corrected chi connectivity index (χ2v) is 9.17. The number of hydrogen-bond acceptors (Lipinski definition) is 5. The molecule has 3 heterocycles. The first-order valence-corrected chi connectivity index (χ1v) is 11.0. The maximum Gasteiger partial charge on any atom is 0.191 e. The summed E-state index contributed by atoms with van der Waals surface area (Å²) in [4.78, 5) is 14.1. The van der Waals surface area contributed by atoms with Gasteiger partial charge in [0.1, 0.15) is 0 Å². The smallest absolute Gasteiger partial charge is 0.191 e. The third-order valence-corrected chi connectivity index (χ3v) is 6.48. The van der Waals surface area contributed by atoms with Crippen LogP contribution in [-0.2, 0) is 13.0 Å². The van der Waals surface area contributed by atoms with Crippen LogP contribution in [0.5, 0.6) is 0 Å². The number of aryl methyl sites for hydroxylation is 1. The van der Waals surface area contributed by atoms with Crippen LogP contribution in [0.25, 0.3) is 0 Å². The van der Waals surface area contributed by atoms with Crippen LogP contribution in [-0.4, -0.2) is 49.1 Å². The van der Waals surface area contributed by atoms with E-state index in [4.69, 9.17) is 0 Å². The lowest BCUT2D eigenvalue weighted by atomic mass is 9.98. The Morgan fingerprint density at radius 3 is 3.08 bits per heavy atom. The quantitative estimate of drug-likeness (QED) is 0.562. The Morgan fingerprint density at radius 1 is 1.42 bits per heavy atom. The summed E-state index contributed by atoms with van der Waals surface area (Å²) >= 11 is 3.63. The Kier molecular flexibility index (Phi) is 7.46. The third-order valence-electron chi connectivity index (χ3n) is 4.64. The molecule has 0 spiro atoms. The van der Waals surface area contributed by atoms with E-state index in [0.717, 1.165) is 32.0 Å². The fraction of sp³-hybridized carbons (Fsp3) is 0.579. The largest absolute Gasteiger partial charge is 0.356 e. The molecule has 2 aromatic rings. The number of nitrogens with one attached hydrogen (secondary N) is 2. The highest BCUT2D eigenvalue weighted by Crippen LogP contribution is 2.20. The summed E-state index contributed by atoms with van der Waals surface area (Å²) in [7, 11) is 1.84. The molecule has 1 atom stereocenters. The van der Waals surface area contributed by atoms with Crippen LogP contribution in [0, 0.1) is 12.8 Å². The Morgan fingerprint density at radius 2 is 2.35 bits per heavy atom. The molecule has 0 saturated carbocycles. The normalized spacial score (nSPS) is 18.8. The molecule has 0 aromatic carbocycles. The molecule has 3 rings (SSSR count). The summed E-state index contributed by atoms with van der Waals surface area (Å²) in [5.41, 5.74) is 0. The van der Waals surface area contributed by atoms with Crippen molar-refractivity contribution in [1.82, 2.24) is 20.5 Å². The SMILES string of the molecule is CN=C(NCCc1ncc(C)s1)NCC1CCCN(Cc2cccs2)C1. The minimum absolute atomic E-state index is 0.684. The van der Waals surface area contributed by atoms with Crippen LogP contribution in [0.15, 0.2) is 28.7 Å². The van der Waals surface area contributed by atoms with Crippen LogP contribution >= 0.6 is 22.7 Å². The van der Waals surface area contributed by atoms with E-state index in [1.165, 1.54) is 40.7 Å². The monoisotopic (exact) mass is 391 g/mol. The number of nitrogens with zero attached hydrogens (tertiary/aromatic N) is 3. The zero-order valence-corrected chi connectivity index (χ0v) is 17.3. The minimum Gasteiger partial charge on any atom is -0.356 e. The molecule has 142 valence electrons. The van der Waals surface area contributed by atoms with Crippen molar-refractivity contribution in [3.8, 4) is 0 Å². The first-order chi connectivity index (χ1) is 12.7. The maximum absolute atomic E-state index is 4.41. The minimum atomic E-state index is 0.684. The van der Waals surface area contributed by atoms with Crippen molar-refractivity contribution in [3.63, 3.8) is 0 Å². The van der Waals surface area contributed by atoms with Gasteiger partial charge < -0.3 is 10.6 Å². The lowest BCUT2D eigenvalue weighted by Gasteiger charge is -2.32.